The van der Waals surface area contributed by atoms with E-state index in [1.807, 2.05) is 0 Å². The Bertz CT molecular complexity index is 250. The number of hydrogen-bond donors (Lipinski definition) is 1. The van der Waals surface area contributed by atoms with Gasteiger partial charge in [-0.3, -0.25) is 0 Å². The Balaban J connectivity index is 2.82. The zero-order chi connectivity index (χ0) is 9.14. The van der Waals surface area contributed by atoms with Crippen molar-refractivity contribution >= 4 is 15.9 Å². The summed E-state index contributed by atoms with van der Waals surface area (Å²) in [5.41, 5.74) is 5.52. The highest BCUT2D eigenvalue weighted by atomic mass is 79.9. The van der Waals surface area contributed by atoms with Gasteiger partial charge in [-0.25, -0.2) is 13.8 Å². The first kappa shape index (κ1) is 9.54. The van der Waals surface area contributed by atoms with Crippen LogP contribution in [0.1, 0.15) is 11.6 Å². The molecule has 5 heteroatoms. The molecule has 1 rings (SSSR count). The van der Waals surface area contributed by atoms with Crippen molar-refractivity contribution in [2.24, 2.45) is 5.73 Å². The minimum absolute atomic E-state index is 0.341. The highest BCUT2D eigenvalue weighted by molar-refractivity contribution is 9.10. The molecule has 1 atom stereocenters. The molecule has 2 nitrogen and oxygen atoms in total. The van der Waals surface area contributed by atoms with Crippen molar-refractivity contribution < 1.29 is 8.78 Å². The van der Waals surface area contributed by atoms with E-state index in [9.17, 15) is 8.78 Å². The van der Waals surface area contributed by atoms with E-state index in [-0.39, 0.29) is 0 Å². The SMILES string of the molecule is N[C@H](c1ccc(Br)nc1)C(F)F. The summed E-state index contributed by atoms with van der Waals surface area (Å²) in [7, 11) is 0. The van der Waals surface area contributed by atoms with E-state index < -0.39 is 12.5 Å². The Hall–Kier alpha value is -0.550. The van der Waals surface area contributed by atoms with Crippen molar-refractivity contribution in [2.45, 2.75) is 12.5 Å². The van der Waals surface area contributed by atoms with E-state index in [4.69, 9.17) is 5.73 Å². The number of rotatable bonds is 2. The zero-order valence-corrected chi connectivity index (χ0v) is 7.63. The average molecular weight is 237 g/mol. The molecule has 0 fully saturated rings. The molecule has 0 saturated carbocycles. The predicted octanol–water partition coefficient (Wildman–Crippen LogP) is 2.11. The molecule has 66 valence electrons. The molecule has 0 amide bonds. The minimum Gasteiger partial charge on any atom is -0.319 e. The summed E-state index contributed by atoms with van der Waals surface area (Å²) in [6.07, 6.45) is -1.21. The molecule has 0 radical (unpaired) electrons. The molecule has 0 aliphatic heterocycles. The summed E-state index contributed by atoms with van der Waals surface area (Å²) in [5, 5.41) is 0. The lowest BCUT2D eigenvalue weighted by Gasteiger charge is -2.09. The summed E-state index contributed by atoms with van der Waals surface area (Å²) in [5.74, 6) is 0. The lowest BCUT2D eigenvalue weighted by Crippen LogP contribution is -2.18. The summed E-state index contributed by atoms with van der Waals surface area (Å²) >= 11 is 3.09. The first-order chi connectivity index (χ1) is 5.61. The lowest BCUT2D eigenvalue weighted by atomic mass is 10.1. The Morgan fingerprint density at radius 1 is 1.42 bits per heavy atom. The normalized spacial score (nSPS) is 13.4. The van der Waals surface area contributed by atoms with Crippen molar-refractivity contribution in [3.63, 3.8) is 0 Å². The number of nitrogens with two attached hydrogens (primary N) is 1. The number of pyridine rings is 1. The number of halogens is 3. The lowest BCUT2D eigenvalue weighted by molar-refractivity contribution is 0.116. The second-order valence-corrected chi connectivity index (χ2v) is 3.09. The largest absolute Gasteiger partial charge is 0.319 e. The summed E-state index contributed by atoms with van der Waals surface area (Å²) in [6.45, 7) is 0. The van der Waals surface area contributed by atoms with Gasteiger partial charge in [-0.2, -0.15) is 0 Å². The molecule has 12 heavy (non-hydrogen) atoms. The molecule has 1 heterocycles. The van der Waals surface area contributed by atoms with Crippen LogP contribution in [0.5, 0.6) is 0 Å². The topological polar surface area (TPSA) is 38.9 Å². The fourth-order valence-corrected chi connectivity index (χ4v) is 0.964. The third kappa shape index (κ3) is 2.22. The zero-order valence-electron chi connectivity index (χ0n) is 6.05. The molecule has 1 aromatic rings. The van der Waals surface area contributed by atoms with Gasteiger partial charge in [0.2, 0.25) is 0 Å². The van der Waals surface area contributed by atoms with E-state index >= 15 is 0 Å². The van der Waals surface area contributed by atoms with Crippen molar-refractivity contribution in [1.82, 2.24) is 4.98 Å². The number of hydrogen-bond acceptors (Lipinski definition) is 2. The van der Waals surface area contributed by atoms with E-state index in [2.05, 4.69) is 20.9 Å². The molecular weight excluding hydrogens is 230 g/mol. The van der Waals surface area contributed by atoms with E-state index in [0.29, 0.717) is 10.2 Å². The standard InChI is InChI=1S/C7H7BrF2N2/c8-5-2-1-4(3-12-5)6(11)7(9)10/h1-3,6-7H,11H2/t6-/m1/s1. The number of alkyl halides is 2. The maximum atomic E-state index is 12.1. The molecule has 0 spiro atoms. The van der Waals surface area contributed by atoms with Gasteiger partial charge < -0.3 is 5.73 Å². The molecule has 0 aliphatic rings. The van der Waals surface area contributed by atoms with Gasteiger partial charge >= 0.3 is 0 Å². The van der Waals surface area contributed by atoms with Crippen molar-refractivity contribution in [3.8, 4) is 0 Å². The van der Waals surface area contributed by atoms with Crippen LogP contribution in [0.15, 0.2) is 22.9 Å². The predicted molar refractivity (Wildman–Crippen MR) is 44.9 cm³/mol. The summed E-state index contributed by atoms with van der Waals surface area (Å²) in [4.78, 5) is 3.79. The van der Waals surface area contributed by atoms with Crippen LogP contribution in [-0.4, -0.2) is 11.4 Å². The molecule has 0 bridgehead atoms. The second kappa shape index (κ2) is 3.91. The Kier molecular flexibility index (Phi) is 3.11. The quantitative estimate of drug-likeness (QED) is 0.800. The van der Waals surface area contributed by atoms with Gasteiger partial charge in [-0.1, -0.05) is 6.07 Å². The fourth-order valence-electron chi connectivity index (χ4n) is 0.730. The molecule has 0 saturated heterocycles. The van der Waals surface area contributed by atoms with Crippen molar-refractivity contribution in [3.05, 3.63) is 28.5 Å². The fraction of sp³-hybridized carbons (Fsp3) is 0.286. The monoisotopic (exact) mass is 236 g/mol. The summed E-state index contributed by atoms with van der Waals surface area (Å²) < 4.78 is 24.7. The van der Waals surface area contributed by atoms with Crippen LogP contribution in [0.3, 0.4) is 0 Å². The van der Waals surface area contributed by atoms with E-state index in [1.54, 1.807) is 6.07 Å². The first-order valence-electron chi connectivity index (χ1n) is 3.26. The molecule has 1 aromatic heterocycles. The minimum atomic E-state index is -2.55. The van der Waals surface area contributed by atoms with Crippen LogP contribution in [-0.2, 0) is 0 Å². The molecule has 2 N–H and O–H groups in total. The van der Waals surface area contributed by atoms with Gasteiger partial charge in [0.1, 0.15) is 4.60 Å². The van der Waals surface area contributed by atoms with Crippen LogP contribution in [0.4, 0.5) is 8.78 Å². The Morgan fingerprint density at radius 3 is 2.50 bits per heavy atom. The van der Waals surface area contributed by atoms with Crippen LogP contribution in [0.25, 0.3) is 0 Å². The number of aromatic nitrogens is 1. The molecule has 0 aromatic carbocycles. The smallest absolute Gasteiger partial charge is 0.257 e. The third-order valence-electron chi connectivity index (χ3n) is 1.41. The van der Waals surface area contributed by atoms with Gasteiger partial charge in [0, 0.05) is 6.20 Å². The van der Waals surface area contributed by atoms with Gasteiger partial charge in [0.15, 0.2) is 0 Å². The van der Waals surface area contributed by atoms with Crippen LogP contribution in [0.2, 0.25) is 0 Å². The van der Waals surface area contributed by atoms with Gasteiger partial charge in [0.25, 0.3) is 6.43 Å². The maximum Gasteiger partial charge on any atom is 0.257 e. The van der Waals surface area contributed by atoms with Gasteiger partial charge in [-0.15, -0.1) is 0 Å². The Labute approximate surface area is 76.9 Å². The van der Waals surface area contributed by atoms with Gasteiger partial charge in [0.05, 0.1) is 6.04 Å². The molecular formula is C7H7BrF2N2. The van der Waals surface area contributed by atoms with Crippen molar-refractivity contribution in [1.29, 1.82) is 0 Å². The summed E-state index contributed by atoms with van der Waals surface area (Å²) in [6, 6.07) is 1.86. The first-order valence-corrected chi connectivity index (χ1v) is 4.05. The third-order valence-corrected chi connectivity index (χ3v) is 1.88. The highest BCUT2D eigenvalue weighted by Gasteiger charge is 2.17. The van der Waals surface area contributed by atoms with Gasteiger partial charge in [-0.05, 0) is 27.6 Å². The van der Waals surface area contributed by atoms with E-state index in [0.717, 1.165) is 0 Å². The van der Waals surface area contributed by atoms with Crippen LogP contribution >= 0.6 is 15.9 Å². The van der Waals surface area contributed by atoms with E-state index in [1.165, 1.54) is 12.3 Å². The maximum absolute atomic E-state index is 12.1. The average Bonchev–Trinajstić information content (AvgIpc) is 2.04. The number of nitrogens with zero attached hydrogens (tertiary/aromatic N) is 1. The molecule has 0 aliphatic carbocycles. The highest BCUT2D eigenvalue weighted by Crippen LogP contribution is 2.17. The Morgan fingerprint density at radius 2 is 2.08 bits per heavy atom. The second-order valence-electron chi connectivity index (χ2n) is 2.27. The molecule has 0 unspecified atom stereocenters. The van der Waals surface area contributed by atoms with Crippen molar-refractivity contribution in [2.75, 3.05) is 0 Å². The van der Waals surface area contributed by atoms with Crippen LogP contribution in [0, 0.1) is 0 Å². The van der Waals surface area contributed by atoms with Crippen LogP contribution < -0.4 is 5.73 Å².